The monoisotopic (exact) mass is 773 g/mol. The average Bonchev–Trinajstić information content (AvgIpc) is 4.00. The van der Waals surface area contributed by atoms with Crippen LogP contribution in [-0.4, -0.2) is 94.0 Å². The topological polar surface area (TPSA) is 273 Å². The first-order chi connectivity index (χ1) is 27.6. The first-order valence-electron chi connectivity index (χ1n) is 17.0. The lowest BCUT2D eigenvalue weighted by Gasteiger charge is -2.13. The molecule has 0 fully saturated rings. The summed E-state index contributed by atoms with van der Waals surface area (Å²) in [5.41, 5.74) is 16.3. The maximum Gasteiger partial charge on any atom is 0.343 e. The van der Waals surface area contributed by atoms with E-state index in [-0.39, 0.29) is 58.8 Å². The minimum absolute atomic E-state index is 0.0139. The van der Waals surface area contributed by atoms with Gasteiger partial charge in [0, 0.05) is 0 Å². The summed E-state index contributed by atoms with van der Waals surface area (Å²) in [6, 6.07) is 18.3. The fourth-order valence-corrected chi connectivity index (χ4v) is 5.65. The molecule has 0 bridgehead atoms. The number of esters is 2. The highest BCUT2D eigenvalue weighted by atomic mass is 16.5. The summed E-state index contributed by atoms with van der Waals surface area (Å²) in [4.78, 5) is 38.4. The summed E-state index contributed by atoms with van der Waals surface area (Å²) < 4.78 is 20.8. The number of nitrogen functional groups attached to an aromatic ring is 2. The number of hydrogen-bond acceptors (Lipinski definition) is 18. The van der Waals surface area contributed by atoms with Gasteiger partial charge in [0.05, 0.1) is 63.2 Å². The van der Waals surface area contributed by atoms with Gasteiger partial charge in [0.15, 0.2) is 23.1 Å². The Balaban J connectivity index is 1.18. The zero-order chi connectivity index (χ0) is 40.2. The van der Waals surface area contributed by atoms with Gasteiger partial charge >= 0.3 is 17.9 Å². The van der Waals surface area contributed by atoms with Crippen LogP contribution in [0.15, 0.2) is 83.3 Å². The van der Waals surface area contributed by atoms with Crippen molar-refractivity contribution >= 4 is 46.6 Å². The van der Waals surface area contributed by atoms with Crippen LogP contribution in [-0.2, 0) is 9.47 Å². The van der Waals surface area contributed by atoms with E-state index in [0.29, 0.717) is 28.6 Å². The minimum atomic E-state index is -0.651. The third-order valence-electron chi connectivity index (χ3n) is 8.40. The Hall–Kier alpha value is -8.17. The van der Waals surface area contributed by atoms with Gasteiger partial charge in [0.1, 0.15) is 22.6 Å². The predicted molar refractivity (Wildman–Crippen MR) is 205 cm³/mol. The van der Waals surface area contributed by atoms with Crippen LogP contribution < -0.4 is 26.8 Å². The normalized spacial score (nSPS) is 11.2. The van der Waals surface area contributed by atoms with Gasteiger partial charge < -0.3 is 36.3 Å². The average molecular weight is 774 g/mol. The highest BCUT2D eigenvalue weighted by Crippen LogP contribution is 2.33. The second-order valence-electron chi connectivity index (χ2n) is 11.9. The molecule has 22 heteroatoms. The number of aryl methyl sites for hydroxylation is 2. The SMILES string of the molecule is COC(=O)c1cnn(-c2ccccc2)c1N=Nc1c(C)nn(-c2nc(OC)nc(-n3nc(C)c(NCNc4c(C(=O)OC)cnn4-c4ccccc4)c3N)n2)c1N. The highest BCUT2D eigenvalue weighted by molar-refractivity contribution is 5.95. The molecule has 0 unspecified atom stereocenters. The number of methoxy groups -OCH3 is 3. The number of nitrogens with one attached hydrogen (secondary N) is 2. The molecule has 290 valence electrons. The molecule has 0 aliphatic rings. The highest BCUT2D eigenvalue weighted by Gasteiger charge is 2.24. The van der Waals surface area contributed by atoms with Crippen LogP contribution in [0.2, 0.25) is 0 Å². The van der Waals surface area contributed by atoms with E-state index in [2.05, 4.69) is 56.2 Å². The lowest BCUT2D eigenvalue weighted by atomic mass is 10.3. The minimum Gasteiger partial charge on any atom is -0.467 e. The molecule has 5 heterocycles. The Morgan fingerprint density at radius 1 is 0.684 bits per heavy atom. The van der Waals surface area contributed by atoms with E-state index in [0.717, 1.165) is 5.69 Å². The van der Waals surface area contributed by atoms with Crippen molar-refractivity contribution in [3.63, 3.8) is 0 Å². The van der Waals surface area contributed by atoms with E-state index in [9.17, 15) is 9.59 Å². The Bertz CT molecular complexity index is 2610. The van der Waals surface area contributed by atoms with Crippen molar-refractivity contribution in [1.29, 1.82) is 0 Å². The fourth-order valence-electron chi connectivity index (χ4n) is 5.65. The molecule has 0 saturated heterocycles. The fraction of sp³-hybridized carbons (Fsp3) is 0.171. The molecule has 0 saturated carbocycles. The van der Waals surface area contributed by atoms with Crippen molar-refractivity contribution in [1.82, 2.24) is 54.1 Å². The lowest BCUT2D eigenvalue weighted by Crippen LogP contribution is -2.18. The quantitative estimate of drug-likeness (QED) is 0.0735. The molecule has 22 nitrogen and oxygen atoms in total. The van der Waals surface area contributed by atoms with Crippen molar-refractivity contribution in [3.05, 3.63) is 95.6 Å². The molecule has 6 N–H and O–H groups in total. The molecule has 0 aliphatic carbocycles. The number of ether oxygens (including phenoxy) is 3. The predicted octanol–water partition coefficient (Wildman–Crippen LogP) is 3.87. The van der Waals surface area contributed by atoms with Crippen LogP contribution in [0, 0.1) is 13.8 Å². The number of para-hydroxylation sites is 2. The summed E-state index contributed by atoms with van der Waals surface area (Å²) in [6.07, 6.45) is 2.76. The van der Waals surface area contributed by atoms with Crippen molar-refractivity contribution in [2.45, 2.75) is 13.8 Å². The smallest absolute Gasteiger partial charge is 0.343 e. The Labute approximate surface area is 323 Å². The number of hydrogen-bond donors (Lipinski definition) is 4. The van der Waals surface area contributed by atoms with Crippen LogP contribution >= 0.6 is 0 Å². The van der Waals surface area contributed by atoms with Crippen LogP contribution in [0.1, 0.15) is 32.1 Å². The summed E-state index contributed by atoms with van der Waals surface area (Å²) in [7, 11) is 3.94. The summed E-state index contributed by atoms with van der Waals surface area (Å²) in [6.45, 7) is 3.50. The van der Waals surface area contributed by atoms with E-state index >= 15 is 0 Å². The second kappa shape index (κ2) is 15.7. The number of rotatable bonds is 13. The number of azo groups is 1. The van der Waals surface area contributed by atoms with Gasteiger partial charge in [0.2, 0.25) is 0 Å². The van der Waals surface area contributed by atoms with E-state index in [4.69, 9.17) is 25.7 Å². The molecule has 0 spiro atoms. The summed E-state index contributed by atoms with van der Waals surface area (Å²) >= 11 is 0. The van der Waals surface area contributed by atoms with Gasteiger partial charge in [-0.1, -0.05) is 36.4 Å². The Morgan fingerprint density at radius 3 is 1.88 bits per heavy atom. The van der Waals surface area contributed by atoms with Gasteiger partial charge in [-0.25, -0.2) is 19.0 Å². The van der Waals surface area contributed by atoms with Gasteiger partial charge in [-0.15, -0.1) is 10.2 Å². The molecule has 0 amide bonds. The number of carbonyl (C=O) groups excluding carboxylic acids is 2. The molecule has 0 radical (unpaired) electrons. The Kier molecular flexibility index (Phi) is 10.2. The zero-order valence-electron chi connectivity index (χ0n) is 31.1. The van der Waals surface area contributed by atoms with Crippen LogP contribution in [0.3, 0.4) is 0 Å². The van der Waals surface area contributed by atoms with E-state index in [1.54, 1.807) is 30.7 Å². The number of nitrogens with two attached hydrogens (primary N) is 2. The molecule has 57 heavy (non-hydrogen) atoms. The van der Waals surface area contributed by atoms with Gasteiger partial charge in [-0.2, -0.15) is 44.7 Å². The van der Waals surface area contributed by atoms with Gasteiger partial charge in [-0.05, 0) is 38.1 Å². The van der Waals surface area contributed by atoms with Crippen LogP contribution in [0.25, 0.3) is 23.3 Å². The third-order valence-corrected chi connectivity index (χ3v) is 8.40. The second-order valence-corrected chi connectivity index (χ2v) is 11.9. The van der Waals surface area contributed by atoms with E-state index in [1.165, 1.54) is 47.8 Å². The maximum absolute atomic E-state index is 12.6. The molecule has 5 aromatic heterocycles. The lowest BCUT2D eigenvalue weighted by molar-refractivity contribution is 0.0592. The van der Waals surface area contributed by atoms with E-state index in [1.807, 2.05) is 48.5 Å². The standard InChI is InChI=1S/C35H35N17O5/c1-19-25(38-18-39-29-23(31(53)55-3)16-40-49(29)21-12-8-6-9-13-21)27(36)51(47-19)33-42-34(44-35(43-33)57-5)52-28(37)26(20(2)48-52)45-46-30-24(32(54)56-4)17-41-50(30)22-14-10-7-11-15-22/h6-17,38-39H,18,36-37H2,1-5H3. The first-order valence-corrected chi connectivity index (χ1v) is 17.0. The van der Waals surface area contributed by atoms with Crippen LogP contribution in [0.4, 0.5) is 34.6 Å². The molecule has 7 rings (SSSR count). The summed E-state index contributed by atoms with van der Waals surface area (Å²) in [5.74, 6) is -0.605. The van der Waals surface area contributed by atoms with Crippen molar-refractivity contribution in [3.8, 4) is 29.3 Å². The third kappa shape index (κ3) is 7.11. The van der Waals surface area contributed by atoms with Gasteiger partial charge in [0.25, 0.3) is 11.9 Å². The first kappa shape index (κ1) is 37.2. The molecule has 0 aliphatic heterocycles. The molecule has 0 atom stereocenters. The zero-order valence-corrected chi connectivity index (χ0v) is 31.1. The molecular formula is C35H35N17O5. The number of anilines is 4. The molecule has 7 aromatic rings. The number of benzene rings is 2. The number of carbonyl (C=O) groups is 2. The van der Waals surface area contributed by atoms with Crippen molar-refractivity contribution < 1.29 is 23.8 Å². The van der Waals surface area contributed by atoms with Crippen LogP contribution in [0.5, 0.6) is 6.01 Å². The maximum atomic E-state index is 12.6. The largest absolute Gasteiger partial charge is 0.467 e. The molecular weight excluding hydrogens is 738 g/mol. The number of aromatic nitrogens is 11. The number of nitrogens with zero attached hydrogens (tertiary/aromatic N) is 13. The summed E-state index contributed by atoms with van der Waals surface area (Å²) in [5, 5.41) is 32.9. The Morgan fingerprint density at radius 2 is 1.25 bits per heavy atom. The van der Waals surface area contributed by atoms with Crippen molar-refractivity contribution in [2.75, 3.05) is 50.1 Å². The van der Waals surface area contributed by atoms with E-state index < -0.39 is 11.9 Å². The molecule has 2 aromatic carbocycles. The van der Waals surface area contributed by atoms with Crippen molar-refractivity contribution in [2.24, 2.45) is 10.2 Å². The van der Waals surface area contributed by atoms with Gasteiger partial charge in [-0.3, -0.25) is 0 Å².